The van der Waals surface area contributed by atoms with Gasteiger partial charge in [-0.05, 0) is 38.4 Å². The maximum absolute atomic E-state index is 4.56. The average molecular weight is 275 g/mol. The Hall–Kier alpha value is -1.26. The number of aromatic nitrogens is 2. The summed E-state index contributed by atoms with van der Waals surface area (Å²) in [5.74, 6) is 0. The van der Waals surface area contributed by atoms with Crippen LogP contribution in [0.15, 0.2) is 23.7 Å². The van der Waals surface area contributed by atoms with Gasteiger partial charge in [-0.1, -0.05) is 13.0 Å². The molecule has 2 rings (SSSR count). The first-order valence-electron chi connectivity index (χ1n) is 6.76. The van der Waals surface area contributed by atoms with Crippen molar-refractivity contribution in [3.63, 3.8) is 0 Å². The summed E-state index contributed by atoms with van der Waals surface area (Å²) in [7, 11) is 0. The Morgan fingerprint density at radius 3 is 2.74 bits per heavy atom. The van der Waals surface area contributed by atoms with E-state index in [4.69, 9.17) is 0 Å². The van der Waals surface area contributed by atoms with Crippen molar-refractivity contribution in [3.05, 3.63) is 45.7 Å². The van der Waals surface area contributed by atoms with Crippen LogP contribution < -0.4 is 5.32 Å². The molecule has 0 fully saturated rings. The van der Waals surface area contributed by atoms with Gasteiger partial charge in [0.05, 0.1) is 10.7 Å². The number of pyridine rings is 1. The zero-order valence-electron chi connectivity index (χ0n) is 11.8. The van der Waals surface area contributed by atoms with Gasteiger partial charge in [-0.3, -0.25) is 4.98 Å². The Labute approximate surface area is 119 Å². The minimum atomic E-state index is 0.301. The molecule has 2 aromatic rings. The molecule has 3 nitrogen and oxygen atoms in total. The number of rotatable bonds is 6. The van der Waals surface area contributed by atoms with Gasteiger partial charge in [0.2, 0.25) is 0 Å². The molecule has 0 aliphatic carbocycles. The molecule has 0 aromatic carbocycles. The van der Waals surface area contributed by atoms with E-state index in [9.17, 15) is 0 Å². The SMILES string of the molecule is CCCNC(Cc1csc(C)n1)c1ccc(C)nc1. The molecule has 1 unspecified atom stereocenters. The molecule has 19 heavy (non-hydrogen) atoms. The first-order chi connectivity index (χ1) is 9.19. The highest BCUT2D eigenvalue weighted by atomic mass is 32.1. The van der Waals surface area contributed by atoms with Crippen LogP contribution in [-0.4, -0.2) is 16.5 Å². The van der Waals surface area contributed by atoms with Crippen molar-refractivity contribution in [2.45, 2.75) is 39.7 Å². The quantitative estimate of drug-likeness (QED) is 0.877. The fourth-order valence-electron chi connectivity index (χ4n) is 2.02. The third-order valence-corrected chi connectivity index (χ3v) is 3.88. The lowest BCUT2D eigenvalue weighted by atomic mass is 10.0. The molecular formula is C15H21N3S. The van der Waals surface area contributed by atoms with Crippen molar-refractivity contribution in [3.8, 4) is 0 Å². The highest BCUT2D eigenvalue weighted by Crippen LogP contribution is 2.19. The van der Waals surface area contributed by atoms with Crippen LogP contribution in [0, 0.1) is 13.8 Å². The van der Waals surface area contributed by atoms with Crippen molar-refractivity contribution in [1.82, 2.24) is 15.3 Å². The second-order valence-corrected chi connectivity index (χ2v) is 5.86. The van der Waals surface area contributed by atoms with Gasteiger partial charge >= 0.3 is 0 Å². The Morgan fingerprint density at radius 1 is 1.32 bits per heavy atom. The van der Waals surface area contributed by atoms with E-state index in [0.29, 0.717) is 6.04 Å². The molecule has 0 aliphatic heterocycles. The van der Waals surface area contributed by atoms with Crippen LogP contribution in [0.1, 0.15) is 41.3 Å². The van der Waals surface area contributed by atoms with Gasteiger partial charge in [-0.25, -0.2) is 4.98 Å². The lowest BCUT2D eigenvalue weighted by molar-refractivity contribution is 0.523. The van der Waals surface area contributed by atoms with E-state index in [1.165, 1.54) is 5.56 Å². The third kappa shape index (κ3) is 4.11. The molecule has 0 saturated carbocycles. The molecule has 0 bridgehead atoms. The van der Waals surface area contributed by atoms with Gasteiger partial charge in [0.15, 0.2) is 0 Å². The Balaban J connectivity index is 2.13. The van der Waals surface area contributed by atoms with E-state index in [1.807, 2.05) is 13.1 Å². The van der Waals surface area contributed by atoms with E-state index in [1.54, 1.807) is 11.3 Å². The van der Waals surface area contributed by atoms with Crippen LogP contribution in [0.2, 0.25) is 0 Å². The van der Waals surface area contributed by atoms with Crippen molar-refractivity contribution in [2.24, 2.45) is 0 Å². The fourth-order valence-corrected chi connectivity index (χ4v) is 2.65. The number of hydrogen-bond acceptors (Lipinski definition) is 4. The second-order valence-electron chi connectivity index (χ2n) is 4.80. The normalized spacial score (nSPS) is 12.6. The molecule has 2 aromatic heterocycles. The van der Waals surface area contributed by atoms with Gasteiger partial charge in [0.1, 0.15) is 0 Å². The van der Waals surface area contributed by atoms with Crippen molar-refractivity contribution < 1.29 is 0 Å². The maximum Gasteiger partial charge on any atom is 0.0897 e. The van der Waals surface area contributed by atoms with Crippen molar-refractivity contribution in [2.75, 3.05) is 6.54 Å². The molecule has 0 saturated heterocycles. The predicted octanol–water partition coefficient (Wildman–Crippen LogP) is 3.44. The van der Waals surface area contributed by atoms with Gasteiger partial charge < -0.3 is 5.32 Å². The summed E-state index contributed by atoms with van der Waals surface area (Å²) >= 11 is 1.71. The minimum Gasteiger partial charge on any atom is -0.310 e. The van der Waals surface area contributed by atoms with E-state index in [-0.39, 0.29) is 0 Å². The summed E-state index contributed by atoms with van der Waals surface area (Å²) < 4.78 is 0. The summed E-state index contributed by atoms with van der Waals surface area (Å²) in [6.07, 6.45) is 4.03. The van der Waals surface area contributed by atoms with Gasteiger partial charge in [0, 0.05) is 29.7 Å². The third-order valence-electron chi connectivity index (χ3n) is 3.06. The van der Waals surface area contributed by atoms with Crippen LogP contribution in [0.25, 0.3) is 0 Å². The number of nitrogens with zero attached hydrogens (tertiary/aromatic N) is 2. The van der Waals surface area contributed by atoms with Crippen LogP contribution in [0.5, 0.6) is 0 Å². The lowest BCUT2D eigenvalue weighted by Crippen LogP contribution is -2.24. The van der Waals surface area contributed by atoms with Gasteiger partial charge in [0.25, 0.3) is 0 Å². The average Bonchev–Trinajstić information content (AvgIpc) is 2.81. The standard InChI is InChI=1S/C15H21N3S/c1-4-7-16-15(8-14-10-19-12(3)18-14)13-6-5-11(2)17-9-13/h5-6,9-10,15-16H,4,7-8H2,1-3H3. The Morgan fingerprint density at radius 2 is 2.16 bits per heavy atom. The second kappa shape index (κ2) is 6.78. The van der Waals surface area contributed by atoms with Crippen LogP contribution >= 0.6 is 11.3 Å². The summed E-state index contributed by atoms with van der Waals surface area (Å²) in [5, 5.41) is 6.87. The van der Waals surface area contributed by atoms with Crippen molar-refractivity contribution >= 4 is 11.3 Å². The van der Waals surface area contributed by atoms with Crippen LogP contribution in [0.3, 0.4) is 0 Å². The number of nitrogens with one attached hydrogen (secondary N) is 1. The number of aryl methyl sites for hydroxylation is 2. The smallest absolute Gasteiger partial charge is 0.0897 e. The van der Waals surface area contributed by atoms with Gasteiger partial charge in [-0.15, -0.1) is 11.3 Å². The highest BCUT2D eigenvalue weighted by Gasteiger charge is 2.13. The largest absolute Gasteiger partial charge is 0.310 e. The molecule has 0 amide bonds. The first-order valence-corrected chi connectivity index (χ1v) is 7.64. The fraction of sp³-hybridized carbons (Fsp3) is 0.467. The summed E-state index contributed by atoms with van der Waals surface area (Å²) in [6, 6.07) is 4.53. The summed E-state index contributed by atoms with van der Waals surface area (Å²) in [6.45, 7) is 7.27. The lowest BCUT2D eigenvalue weighted by Gasteiger charge is -2.17. The van der Waals surface area contributed by atoms with E-state index in [2.05, 4.69) is 46.6 Å². The molecule has 0 spiro atoms. The molecule has 102 valence electrons. The Kier molecular flexibility index (Phi) is 5.05. The van der Waals surface area contributed by atoms with Crippen molar-refractivity contribution in [1.29, 1.82) is 0 Å². The summed E-state index contributed by atoms with van der Waals surface area (Å²) in [4.78, 5) is 8.96. The number of hydrogen-bond donors (Lipinski definition) is 1. The van der Waals surface area contributed by atoms with E-state index >= 15 is 0 Å². The Bertz CT molecular complexity index is 504. The molecule has 0 aliphatic rings. The summed E-state index contributed by atoms with van der Waals surface area (Å²) in [5.41, 5.74) is 3.46. The molecule has 0 radical (unpaired) electrons. The minimum absolute atomic E-state index is 0.301. The van der Waals surface area contributed by atoms with E-state index in [0.717, 1.165) is 35.8 Å². The van der Waals surface area contributed by atoms with Crippen LogP contribution in [-0.2, 0) is 6.42 Å². The molecule has 1 N–H and O–H groups in total. The van der Waals surface area contributed by atoms with Gasteiger partial charge in [-0.2, -0.15) is 0 Å². The molecule has 2 heterocycles. The van der Waals surface area contributed by atoms with Crippen LogP contribution in [0.4, 0.5) is 0 Å². The topological polar surface area (TPSA) is 37.8 Å². The zero-order valence-corrected chi connectivity index (χ0v) is 12.6. The predicted molar refractivity (Wildman–Crippen MR) is 80.6 cm³/mol. The molecular weight excluding hydrogens is 254 g/mol. The first kappa shape index (κ1) is 14.2. The monoisotopic (exact) mass is 275 g/mol. The molecule has 1 atom stereocenters. The maximum atomic E-state index is 4.56. The zero-order chi connectivity index (χ0) is 13.7. The van der Waals surface area contributed by atoms with E-state index < -0.39 is 0 Å². The molecule has 4 heteroatoms. The number of thiazole rings is 1. The highest BCUT2D eigenvalue weighted by molar-refractivity contribution is 7.09.